The van der Waals surface area contributed by atoms with Gasteiger partial charge in [0.25, 0.3) is 0 Å². The Balaban J connectivity index is 2.10. The molecule has 3 aromatic carbocycles. The first kappa shape index (κ1) is 30.8. The third-order valence-electron chi connectivity index (χ3n) is 6.51. The Kier molecular flexibility index (Phi) is 10.5. The van der Waals surface area contributed by atoms with Crippen LogP contribution in [-0.4, -0.2) is 50.0 Å². The molecule has 3 aromatic rings. The SMILES string of the molecule is CC(C)NC(=O)[C@H](Cc1ccccc1)N(Cc1ccccc1F)C(=O)CN(c1ccccc1C(C)C)S(C)(=O)=O. The normalized spacial score (nSPS) is 12.3. The molecule has 7 nitrogen and oxygen atoms in total. The number of para-hydroxylation sites is 1. The van der Waals surface area contributed by atoms with Crippen molar-refractivity contribution < 1.29 is 22.4 Å². The molecular formula is C31H38FN3O4S. The monoisotopic (exact) mass is 567 g/mol. The zero-order valence-electron chi connectivity index (χ0n) is 23.7. The molecule has 0 spiro atoms. The van der Waals surface area contributed by atoms with Crippen molar-refractivity contribution in [2.45, 2.75) is 58.7 Å². The topological polar surface area (TPSA) is 86.8 Å². The second-order valence-corrected chi connectivity index (χ2v) is 12.4. The molecule has 0 aliphatic rings. The fraction of sp³-hybridized carbons (Fsp3) is 0.355. The van der Waals surface area contributed by atoms with Gasteiger partial charge >= 0.3 is 0 Å². The van der Waals surface area contributed by atoms with Gasteiger partial charge in [-0.1, -0.05) is 80.6 Å². The van der Waals surface area contributed by atoms with Crippen LogP contribution < -0.4 is 9.62 Å². The second-order valence-electron chi connectivity index (χ2n) is 10.5. The molecule has 0 saturated heterocycles. The molecule has 2 amide bonds. The lowest BCUT2D eigenvalue weighted by atomic mass is 10.0. The van der Waals surface area contributed by atoms with Crippen LogP contribution in [0.2, 0.25) is 0 Å². The molecule has 3 rings (SSSR count). The van der Waals surface area contributed by atoms with Crippen LogP contribution in [0.1, 0.15) is 50.3 Å². The summed E-state index contributed by atoms with van der Waals surface area (Å²) in [4.78, 5) is 28.9. The Labute approximate surface area is 237 Å². The van der Waals surface area contributed by atoms with Gasteiger partial charge in [-0.15, -0.1) is 0 Å². The van der Waals surface area contributed by atoms with Gasteiger partial charge in [-0.3, -0.25) is 13.9 Å². The Morgan fingerprint density at radius 1 is 0.875 bits per heavy atom. The molecule has 0 fully saturated rings. The number of hydrogen-bond donors (Lipinski definition) is 1. The van der Waals surface area contributed by atoms with E-state index in [1.165, 1.54) is 11.0 Å². The molecule has 0 radical (unpaired) electrons. The first-order chi connectivity index (χ1) is 18.9. The number of nitrogens with one attached hydrogen (secondary N) is 1. The summed E-state index contributed by atoms with van der Waals surface area (Å²) >= 11 is 0. The Morgan fingerprint density at radius 3 is 2.08 bits per heavy atom. The minimum Gasteiger partial charge on any atom is -0.352 e. The first-order valence-corrected chi connectivity index (χ1v) is 15.2. The van der Waals surface area contributed by atoms with Gasteiger partial charge in [-0.05, 0) is 43.0 Å². The van der Waals surface area contributed by atoms with Gasteiger partial charge in [0.05, 0.1) is 11.9 Å². The van der Waals surface area contributed by atoms with Crippen LogP contribution in [0.4, 0.5) is 10.1 Å². The quantitative estimate of drug-likeness (QED) is 0.338. The lowest BCUT2D eigenvalue weighted by Gasteiger charge is -2.34. The molecule has 9 heteroatoms. The molecule has 0 aromatic heterocycles. The Hall–Kier alpha value is -3.72. The predicted octanol–water partition coefficient (Wildman–Crippen LogP) is 4.88. The van der Waals surface area contributed by atoms with E-state index in [2.05, 4.69) is 5.32 Å². The minimum atomic E-state index is -3.90. The molecule has 1 N–H and O–H groups in total. The fourth-order valence-corrected chi connectivity index (χ4v) is 5.41. The van der Waals surface area contributed by atoms with Crippen molar-refractivity contribution in [1.29, 1.82) is 0 Å². The fourth-order valence-electron chi connectivity index (χ4n) is 4.54. The number of sulfonamides is 1. The highest BCUT2D eigenvalue weighted by Crippen LogP contribution is 2.29. The van der Waals surface area contributed by atoms with Gasteiger partial charge in [-0.25, -0.2) is 12.8 Å². The molecule has 0 saturated carbocycles. The lowest BCUT2D eigenvalue weighted by Crippen LogP contribution is -2.54. The maximum absolute atomic E-state index is 14.8. The molecular weight excluding hydrogens is 529 g/mol. The third kappa shape index (κ3) is 8.14. The van der Waals surface area contributed by atoms with Crippen molar-refractivity contribution in [2.75, 3.05) is 17.1 Å². The molecule has 0 aliphatic heterocycles. The van der Waals surface area contributed by atoms with Crippen LogP contribution in [0.5, 0.6) is 0 Å². The summed E-state index contributed by atoms with van der Waals surface area (Å²) < 4.78 is 42.0. The van der Waals surface area contributed by atoms with Gasteiger partial charge in [0, 0.05) is 24.6 Å². The van der Waals surface area contributed by atoms with Crippen LogP contribution in [0.3, 0.4) is 0 Å². The average molecular weight is 568 g/mol. The van der Waals surface area contributed by atoms with Crippen LogP contribution in [0.15, 0.2) is 78.9 Å². The molecule has 40 heavy (non-hydrogen) atoms. The van der Waals surface area contributed by atoms with Gasteiger partial charge in [0.2, 0.25) is 21.8 Å². The van der Waals surface area contributed by atoms with Gasteiger partial charge in [-0.2, -0.15) is 0 Å². The van der Waals surface area contributed by atoms with E-state index in [1.807, 2.05) is 70.2 Å². The summed E-state index contributed by atoms with van der Waals surface area (Å²) in [6, 6.07) is 21.1. The van der Waals surface area contributed by atoms with Crippen LogP contribution in [0, 0.1) is 5.82 Å². The minimum absolute atomic E-state index is 0.00674. The zero-order valence-corrected chi connectivity index (χ0v) is 24.5. The average Bonchev–Trinajstić information content (AvgIpc) is 2.89. The standard InChI is InChI=1S/C31H38FN3O4S/c1-22(2)26-16-10-12-18-28(26)35(40(5,38)39)21-30(36)34(20-25-15-9-11-17-27(25)32)29(31(37)33-23(3)4)19-24-13-7-6-8-14-24/h6-18,22-23,29H,19-21H2,1-5H3,(H,33,37)/t29-/m0/s1. The highest BCUT2D eigenvalue weighted by molar-refractivity contribution is 7.92. The number of anilines is 1. The highest BCUT2D eigenvalue weighted by Gasteiger charge is 2.34. The Morgan fingerprint density at radius 2 is 1.48 bits per heavy atom. The predicted molar refractivity (Wildman–Crippen MR) is 157 cm³/mol. The number of halogens is 1. The van der Waals surface area contributed by atoms with E-state index >= 15 is 0 Å². The van der Waals surface area contributed by atoms with E-state index in [1.54, 1.807) is 30.3 Å². The maximum Gasteiger partial charge on any atom is 0.244 e. The summed E-state index contributed by atoms with van der Waals surface area (Å²) in [5.41, 5.74) is 2.19. The van der Waals surface area contributed by atoms with Crippen LogP contribution in [0.25, 0.3) is 0 Å². The number of rotatable bonds is 12. The molecule has 1 atom stereocenters. The second kappa shape index (κ2) is 13.6. The van der Waals surface area contributed by atoms with Crippen molar-refractivity contribution in [3.63, 3.8) is 0 Å². The number of amides is 2. The Bertz CT molecular complexity index is 1410. The molecule has 214 valence electrons. The van der Waals surface area contributed by atoms with E-state index in [0.29, 0.717) is 5.69 Å². The van der Waals surface area contributed by atoms with Crippen molar-refractivity contribution in [1.82, 2.24) is 10.2 Å². The third-order valence-corrected chi connectivity index (χ3v) is 7.63. The summed E-state index contributed by atoms with van der Waals surface area (Å²) in [5.74, 6) is -1.55. The van der Waals surface area contributed by atoms with Gasteiger partial charge < -0.3 is 10.2 Å². The van der Waals surface area contributed by atoms with Crippen LogP contribution >= 0.6 is 0 Å². The van der Waals surface area contributed by atoms with Crippen molar-refractivity contribution >= 4 is 27.5 Å². The van der Waals surface area contributed by atoms with Crippen molar-refractivity contribution in [3.05, 3.63) is 101 Å². The first-order valence-electron chi connectivity index (χ1n) is 13.3. The molecule has 0 bridgehead atoms. The van der Waals surface area contributed by atoms with Crippen molar-refractivity contribution in [3.8, 4) is 0 Å². The molecule has 0 unspecified atom stereocenters. The molecule has 0 aliphatic carbocycles. The summed E-state index contributed by atoms with van der Waals surface area (Å²) in [6.45, 7) is 6.76. The van der Waals surface area contributed by atoms with Crippen molar-refractivity contribution in [2.24, 2.45) is 0 Å². The summed E-state index contributed by atoms with van der Waals surface area (Å²) in [7, 11) is -3.90. The van der Waals surface area contributed by atoms with E-state index in [0.717, 1.165) is 21.7 Å². The number of hydrogen-bond acceptors (Lipinski definition) is 4. The smallest absolute Gasteiger partial charge is 0.244 e. The lowest BCUT2D eigenvalue weighted by molar-refractivity contribution is -0.140. The zero-order chi connectivity index (χ0) is 29.4. The number of carbonyl (C=O) groups excluding carboxylic acids is 2. The molecule has 0 heterocycles. The van der Waals surface area contributed by atoms with E-state index in [9.17, 15) is 22.4 Å². The summed E-state index contributed by atoms with van der Waals surface area (Å²) in [5, 5.41) is 2.88. The van der Waals surface area contributed by atoms with Gasteiger partial charge in [0.1, 0.15) is 18.4 Å². The summed E-state index contributed by atoms with van der Waals surface area (Å²) in [6.07, 6.45) is 1.21. The number of benzene rings is 3. The highest BCUT2D eigenvalue weighted by atomic mass is 32.2. The van der Waals surface area contributed by atoms with E-state index in [-0.39, 0.29) is 30.5 Å². The van der Waals surface area contributed by atoms with E-state index in [4.69, 9.17) is 0 Å². The largest absolute Gasteiger partial charge is 0.352 e. The number of carbonyl (C=O) groups is 2. The maximum atomic E-state index is 14.8. The number of nitrogens with zero attached hydrogens (tertiary/aromatic N) is 2. The van der Waals surface area contributed by atoms with Crippen LogP contribution in [-0.2, 0) is 32.6 Å². The van der Waals surface area contributed by atoms with E-state index < -0.39 is 40.2 Å². The van der Waals surface area contributed by atoms with Gasteiger partial charge in [0.15, 0.2) is 0 Å².